The number of halogens is 1. The Balaban J connectivity index is 0.00000256. The molecular weight excluding hydrogens is 400 g/mol. The predicted molar refractivity (Wildman–Crippen MR) is 120 cm³/mol. The van der Waals surface area contributed by atoms with Gasteiger partial charge in [0, 0.05) is 24.4 Å². The Morgan fingerprint density at radius 3 is 2.43 bits per heavy atom. The van der Waals surface area contributed by atoms with E-state index in [9.17, 15) is 4.79 Å². The number of ether oxygens (including phenoxy) is 1. The first-order valence-corrected chi connectivity index (χ1v) is 10.8. The van der Waals surface area contributed by atoms with E-state index in [-0.39, 0.29) is 23.7 Å². The molecule has 2 aromatic rings. The van der Waals surface area contributed by atoms with Gasteiger partial charge in [-0.1, -0.05) is 31.4 Å². The maximum Gasteiger partial charge on any atom is 0.248 e. The SMILES string of the molecule is COc1ccc(C2(CNC(=O)C3(n4cccn4)CCNCC3)CCCCC2)cc1.Cl. The smallest absolute Gasteiger partial charge is 0.248 e. The standard InChI is InChI=1S/C23H32N4O2.ClH/c1-29-20-8-6-19(7-9-20)22(10-3-2-4-11-22)18-25-21(28)23(12-15-24-16-13-23)27-17-5-14-26-27;/h5-9,14,17,24H,2-4,10-13,15-16,18H2,1H3,(H,25,28);1H. The van der Waals surface area contributed by atoms with Gasteiger partial charge in [-0.15, -0.1) is 12.4 Å². The van der Waals surface area contributed by atoms with Crippen molar-refractivity contribution in [3.05, 3.63) is 48.3 Å². The van der Waals surface area contributed by atoms with Crippen LogP contribution in [0.1, 0.15) is 50.5 Å². The molecular formula is C23H33ClN4O2. The number of benzene rings is 1. The molecule has 7 heteroatoms. The molecule has 4 rings (SSSR count). The van der Waals surface area contributed by atoms with Crippen LogP contribution in [0.2, 0.25) is 0 Å². The summed E-state index contributed by atoms with van der Waals surface area (Å²) < 4.78 is 7.20. The van der Waals surface area contributed by atoms with E-state index in [1.807, 2.05) is 29.1 Å². The van der Waals surface area contributed by atoms with Crippen LogP contribution in [0.3, 0.4) is 0 Å². The van der Waals surface area contributed by atoms with Crippen molar-refractivity contribution in [1.29, 1.82) is 0 Å². The molecule has 0 bridgehead atoms. The van der Waals surface area contributed by atoms with Crippen LogP contribution in [-0.2, 0) is 15.7 Å². The van der Waals surface area contributed by atoms with Crippen LogP contribution in [0.25, 0.3) is 0 Å². The maximum atomic E-state index is 13.5. The van der Waals surface area contributed by atoms with Crippen LogP contribution in [0, 0.1) is 0 Å². The van der Waals surface area contributed by atoms with Crippen molar-refractivity contribution < 1.29 is 9.53 Å². The summed E-state index contributed by atoms with van der Waals surface area (Å²) in [5.74, 6) is 0.970. The number of amides is 1. The van der Waals surface area contributed by atoms with Gasteiger partial charge in [0.1, 0.15) is 11.3 Å². The van der Waals surface area contributed by atoms with E-state index < -0.39 is 5.54 Å². The molecule has 0 spiro atoms. The Bertz CT molecular complexity index is 795. The Morgan fingerprint density at radius 2 is 1.83 bits per heavy atom. The summed E-state index contributed by atoms with van der Waals surface area (Å²) in [7, 11) is 1.69. The van der Waals surface area contributed by atoms with Gasteiger partial charge in [-0.2, -0.15) is 5.10 Å². The fraction of sp³-hybridized carbons (Fsp3) is 0.565. The largest absolute Gasteiger partial charge is 0.497 e. The van der Waals surface area contributed by atoms with Crippen molar-refractivity contribution in [3.63, 3.8) is 0 Å². The monoisotopic (exact) mass is 432 g/mol. The van der Waals surface area contributed by atoms with E-state index in [1.54, 1.807) is 13.3 Å². The van der Waals surface area contributed by atoms with E-state index in [0.717, 1.165) is 44.5 Å². The molecule has 1 aliphatic heterocycles. The quantitative estimate of drug-likeness (QED) is 0.734. The van der Waals surface area contributed by atoms with Gasteiger partial charge in [0.05, 0.1) is 7.11 Å². The van der Waals surface area contributed by atoms with Gasteiger partial charge in [-0.05, 0) is 62.5 Å². The third kappa shape index (κ3) is 4.35. The molecule has 164 valence electrons. The second-order valence-electron chi connectivity index (χ2n) is 8.48. The minimum absolute atomic E-state index is 0. The van der Waals surface area contributed by atoms with Crippen LogP contribution in [0.5, 0.6) is 5.75 Å². The third-order valence-corrected chi connectivity index (χ3v) is 6.90. The van der Waals surface area contributed by atoms with Crippen molar-refractivity contribution >= 4 is 18.3 Å². The summed E-state index contributed by atoms with van der Waals surface area (Å²) in [6.45, 7) is 2.34. The number of methoxy groups -OCH3 is 1. The number of piperidine rings is 1. The molecule has 0 radical (unpaired) electrons. The van der Waals surface area contributed by atoms with Crippen LogP contribution in [-0.4, -0.2) is 42.4 Å². The molecule has 1 aromatic carbocycles. The normalized spacial score (nSPS) is 20.0. The maximum absolute atomic E-state index is 13.5. The van der Waals surface area contributed by atoms with Gasteiger partial charge in [-0.25, -0.2) is 0 Å². The lowest BCUT2D eigenvalue weighted by molar-refractivity contribution is -0.132. The minimum atomic E-state index is -0.593. The molecule has 6 nitrogen and oxygen atoms in total. The number of hydrogen-bond donors (Lipinski definition) is 2. The summed E-state index contributed by atoms with van der Waals surface area (Å²) in [6.07, 6.45) is 11.1. The Kier molecular flexibility index (Phi) is 7.42. The molecule has 30 heavy (non-hydrogen) atoms. The van der Waals surface area contributed by atoms with Crippen molar-refractivity contribution in [2.75, 3.05) is 26.7 Å². The van der Waals surface area contributed by atoms with Crippen molar-refractivity contribution in [2.24, 2.45) is 0 Å². The summed E-state index contributed by atoms with van der Waals surface area (Å²) in [5, 5.41) is 11.2. The zero-order valence-corrected chi connectivity index (χ0v) is 18.5. The van der Waals surface area contributed by atoms with Gasteiger partial charge in [0.25, 0.3) is 0 Å². The Morgan fingerprint density at radius 1 is 1.13 bits per heavy atom. The first kappa shape index (κ1) is 22.6. The van der Waals surface area contributed by atoms with E-state index in [2.05, 4.69) is 27.9 Å². The lowest BCUT2D eigenvalue weighted by atomic mass is 9.69. The first-order valence-electron chi connectivity index (χ1n) is 10.8. The number of carbonyl (C=O) groups is 1. The molecule has 1 aromatic heterocycles. The lowest BCUT2D eigenvalue weighted by Crippen LogP contribution is -2.56. The van der Waals surface area contributed by atoms with Gasteiger partial charge in [0.2, 0.25) is 5.91 Å². The van der Waals surface area contributed by atoms with Gasteiger partial charge >= 0.3 is 0 Å². The van der Waals surface area contributed by atoms with Crippen LogP contribution in [0.15, 0.2) is 42.7 Å². The predicted octanol–water partition coefficient (Wildman–Crippen LogP) is 3.41. The summed E-state index contributed by atoms with van der Waals surface area (Å²) in [6, 6.07) is 10.3. The summed E-state index contributed by atoms with van der Waals surface area (Å²) in [4.78, 5) is 13.5. The van der Waals surface area contributed by atoms with Crippen molar-refractivity contribution in [1.82, 2.24) is 20.4 Å². The molecule has 2 heterocycles. The number of nitrogens with zero attached hydrogens (tertiary/aromatic N) is 2. The van der Waals surface area contributed by atoms with Crippen LogP contribution < -0.4 is 15.4 Å². The van der Waals surface area contributed by atoms with Gasteiger partial charge in [0.15, 0.2) is 0 Å². The van der Waals surface area contributed by atoms with Gasteiger partial charge < -0.3 is 15.4 Å². The first-order chi connectivity index (χ1) is 14.2. The van der Waals surface area contributed by atoms with E-state index >= 15 is 0 Å². The zero-order chi connectivity index (χ0) is 20.2. The molecule has 1 amide bonds. The molecule has 2 aliphatic rings. The second-order valence-corrected chi connectivity index (χ2v) is 8.48. The Labute approximate surface area is 185 Å². The lowest BCUT2D eigenvalue weighted by Gasteiger charge is -2.41. The fourth-order valence-electron chi connectivity index (χ4n) is 5.08. The topological polar surface area (TPSA) is 68.2 Å². The van der Waals surface area contributed by atoms with Crippen LogP contribution in [0.4, 0.5) is 0 Å². The number of carbonyl (C=O) groups excluding carboxylic acids is 1. The van der Waals surface area contributed by atoms with E-state index in [1.165, 1.54) is 24.8 Å². The zero-order valence-electron chi connectivity index (χ0n) is 17.7. The van der Waals surface area contributed by atoms with Crippen molar-refractivity contribution in [3.8, 4) is 5.75 Å². The van der Waals surface area contributed by atoms with E-state index in [0.29, 0.717) is 6.54 Å². The fourth-order valence-corrected chi connectivity index (χ4v) is 5.08. The molecule has 2 N–H and O–H groups in total. The summed E-state index contributed by atoms with van der Waals surface area (Å²) in [5.41, 5.74) is 0.708. The average molecular weight is 433 g/mol. The highest BCUT2D eigenvalue weighted by atomic mass is 35.5. The number of hydrogen-bond acceptors (Lipinski definition) is 4. The molecule has 0 unspecified atom stereocenters. The van der Waals surface area contributed by atoms with E-state index in [4.69, 9.17) is 4.74 Å². The summed E-state index contributed by atoms with van der Waals surface area (Å²) >= 11 is 0. The molecule has 1 saturated heterocycles. The minimum Gasteiger partial charge on any atom is -0.497 e. The van der Waals surface area contributed by atoms with Crippen LogP contribution >= 0.6 is 12.4 Å². The number of nitrogens with one attached hydrogen (secondary N) is 2. The van der Waals surface area contributed by atoms with Gasteiger partial charge in [-0.3, -0.25) is 9.48 Å². The Hall–Kier alpha value is -2.05. The number of aromatic nitrogens is 2. The molecule has 2 fully saturated rings. The molecule has 1 aliphatic carbocycles. The third-order valence-electron chi connectivity index (χ3n) is 6.90. The molecule has 1 saturated carbocycles. The second kappa shape index (κ2) is 9.84. The van der Waals surface area contributed by atoms with Crippen molar-refractivity contribution in [2.45, 2.75) is 55.9 Å². The number of rotatable bonds is 6. The average Bonchev–Trinajstić information content (AvgIpc) is 3.34. The highest BCUT2D eigenvalue weighted by Crippen LogP contribution is 2.40. The highest BCUT2D eigenvalue weighted by molar-refractivity contribution is 5.85. The molecule has 0 atom stereocenters. The highest BCUT2D eigenvalue weighted by Gasteiger charge is 2.43.